The lowest BCUT2D eigenvalue weighted by Gasteiger charge is -2.19. The number of carbonyl (C=O) groups excluding carboxylic acids is 1. The van der Waals surface area contributed by atoms with Gasteiger partial charge in [0.1, 0.15) is 0 Å². The maximum absolute atomic E-state index is 11.9. The van der Waals surface area contributed by atoms with E-state index in [9.17, 15) is 4.79 Å². The first kappa shape index (κ1) is 8.95. The molecule has 0 amide bonds. The second-order valence-electron chi connectivity index (χ2n) is 3.60. The van der Waals surface area contributed by atoms with Crippen LogP contribution in [0.25, 0.3) is 5.57 Å². The molecule has 0 bridgehead atoms. The Hall–Kier alpha value is -1.63. The Morgan fingerprint density at radius 3 is 2.21 bits per heavy atom. The van der Waals surface area contributed by atoms with E-state index in [2.05, 4.69) is 6.58 Å². The highest BCUT2D eigenvalue weighted by molar-refractivity contribution is 6.16. The Morgan fingerprint density at radius 1 is 1.00 bits per heavy atom. The monoisotopic (exact) mass is 184 g/mol. The van der Waals surface area contributed by atoms with Crippen molar-refractivity contribution in [2.75, 3.05) is 0 Å². The number of benzene rings is 1. The van der Waals surface area contributed by atoms with Gasteiger partial charge in [0.15, 0.2) is 5.78 Å². The Kier molecular flexibility index (Phi) is 1.88. The molecule has 0 atom stereocenters. The normalized spacial score (nSPS) is 15.9. The zero-order chi connectivity index (χ0) is 10.3. The summed E-state index contributed by atoms with van der Waals surface area (Å²) in [6, 6.07) is 7.63. The molecule has 1 heteroatoms. The molecule has 0 spiro atoms. The summed E-state index contributed by atoms with van der Waals surface area (Å²) in [5.74, 6) is 0.130. The van der Waals surface area contributed by atoms with Gasteiger partial charge in [-0.15, -0.1) is 0 Å². The SMILES string of the molecule is C=C1C(C)=C(C)C(=O)c2ccccc21. The van der Waals surface area contributed by atoms with E-state index in [0.29, 0.717) is 0 Å². The van der Waals surface area contributed by atoms with Crippen molar-refractivity contribution in [1.29, 1.82) is 0 Å². The van der Waals surface area contributed by atoms with Crippen molar-refractivity contribution < 1.29 is 4.79 Å². The molecule has 1 nitrogen and oxygen atoms in total. The molecule has 0 aliphatic heterocycles. The van der Waals surface area contributed by atoms with E-state index in [1.807, 2.05) is 38.1 Å². The van der Waals surface area contributed by atoms with Crippen LogP contribution in [0.2, 0.25) is 0 Å². The molecule has 1 aliphatic carbocycles. The van der Waals surface area contributed by atoms with E-state index < -0.39 is 0 Å². The molecule has 2 rings (SSSR count). The van der Waals surface area contributed by atoms with Crippen LogP contribution in [0.5, 0.6) is 0 Å². The summed E-state index contributed by atoms with van der Waals surface area (Å²) in [5.41, 5.74) is 4.54. The second kappa shape index (κ2) is 2.95. The van der Waals surface area contributed by atoms with E-state index in [1.54, 1.807) is 0 Å². The first-order chi connectivity index (χ1) is 6.63. The zero-order valence-corrected chi connectivity index (χ0v) is 8.42. The molecule has 0 saturated carbocycles. The third-order valence-electron chi connectivity index (χ3n) is 2.85. The topological polar surface area (TPSA) is 17.1 Å². The molecule has 70 valence electrons. The van der Waals surface area contributed by atoms with Crippen LogP contribution in [0.3, 0.4) is 0 Å². The van der Waals surface area contributed by atoms with Crippen LogP contribution in [0.15, 0.2) is 42.0 Å². The smallest absolute Gasteiger partial charge is 0.189 e. The maximum Gasteiger partial charge on any atom is 0.189 e. The summed E-state index contributed by atoms with van der Waals surface area (Å²) in [7, 11) is 0. The minimum Gasteiger partial charge on any atom is -0.289 e. The van der Waals surface area contributed by atoms with Gasteiger partial charge >= 0.3 is 0 Å². The van der Waals surface area contributed by atoms with Crippen molar-refractivity contribution >= 4 is 11.4 Å². The van der Waals surface area contributed by atoms with Crippen molar-refractivity contribution in [3.05, 3.63) is 53.1 Å². The minimum absolute atomic E-state index is 0.130. The highest BCUT2D eigenvalue weighted by Crippen LogP contribution is 2.33. The lowest BCUT2D eigenvalue weighted by atomic mass is 9.83. The van der Waals surface area contributed by atoms with Gasteiger partial charge in [-0.1, -0.05) is 30.8 Å². The number of allylic oxidation sites excluding steroid dienone is 3. The van der Waals surface area contributed by atoms with Gasteiger partial charge in [0.25, 0.3) is 0 Å². The number of ketones is 1. The number of hydrogen-bond acceptors (Lipinski definition) is 1. The quantitative estimate of drug-likeness (QED) is 0.605. The van der Waals surface area contributed by atoms with Crippen LogP contribution >= 0.6 is 0 Å². The van der Waals surface area contributed by atoms with E-state index in [1.165, 1.54) is 0 Å². The first-order valence-corrected chi connectivity index (χ1v) is 4.64. The maximum atomic E-state index is 11.9. The van der Waals surface area contributed by atoms with Crippen LogP contribution in [0, 0.1) is 0 Å². The summed E-state index contributed by atoms with van der Waals surface area (Å²) < 4.78 is 0. The molecular weight excluding hydrogens is 172 g/mol. The molecule has 0 unspecified atom stereocenters. The Balaban J connectivity index is 2.73. The van der Waals surface area contributed by atoms with Gasteiger partial charge < -0.3 is 0 Å². The van der Waals surface area contributed by atoms with E-state index in [-0.39, 0.29) is 5.78 Å². The third kappa shape index (κ3) is 1.06. The molecule has 0 aromatic heterocycles. The molecular formula is C13H12O. The van der Waals surface area contributed by atoms with Crippen LogP contribution in [0.1, 0.15) is 29.8 Å². The van der Waals surface area contributed by atoms with Gasteiger partial charge in [-0.2, -0.15) is 0 Å². The van der Waals surface area contributed by atoms with Gasteiger partial charge in [-0.05, 0) is 30.6 Å². The van der Waals surface area contributed by atoms with Crippen LogP contribution in [-0.2, 0) is 0 Å². The molecule has 0 saturated heterocycles. The van der Waals surface area contributed by atoms with Gasteiger partial charge in [-0.3, -0.25) is 4.79 Å². The van der Waals surface area contributed by atoms with Gasteiger partial charge in [0.05, 0.1) is 0 Å². The molecule has 0 radical (unpaired) electrons. The summed E-state index contributed by atoms with van der Waals surface area (Å²) in [6.07, 6.45) is 0. The number of rotatable bonds is 0. The predicted octanol–water partition coefficient (Wildman–Crippen LogP) is 3.23. The van der Waals surface area contributed by atoms with Crippen molar-refractivity contribution in [2.45, 2.75) is 13.8 Å². The fourth-order valence-electron chi connectivity index (χ4n) is 1.74. The van der Waals surface area contributed by atoms with Crippen molar-refractivity contribution in [3.8, 4) is 0 Å². The summed E-state index contributed by atoms with van der Waals surface area (Å²) in [4.78, 5) is 11.9. The van der Waals surface area contributed by atoms with Gasteiger partial charge in [-0.25, -0.2) is 0 Å². The van der Waals surface area contributed by atoms with Crippen LogP contribution in [-0.4, -0.2) is 5.78 Å². The van der Waals surface area contributed by atoms with Crippen LogP contribution in [0.4, 0.5) is 0 Å². The molecule has 1 aliphatic rings. The lowest BCUT2D eigenvalue weighted by molar-refractivity contribution is 0.103. The van der Waals surface area contributed by atoms with Gasteiger partial charge in [0, 0.05) is 11.1 Å². The summed E-state index contributed by atoms with van der Waals surface area (Å²) in [6.45, 7) is 7.82. The first-order valence-electron chi connectivity index (χ1n) is 4.64. The van der Waals surface area contributed by atoms with Crippen molar-refractivity contribution in [3.63, 3.8) is 0 Å². The fourth-order valence-corrected chi connectivity index (χ4v) is 1.74. The molecule has 0 fully saturated rings. The largest absolute Gasteiger partial charge is 0.289 e. The highest BCUT2D eigenvalue weighted by Gasteiger charge is 2.22. The fraction of sp³-hybridized carbons (Fsp3) is 0.154. The van der Waals surface area contributed by atoms with Gasteiger partial charge in [0.2, 0.25) is 0 Å². The highest BCUT2D eigenvalue weighted by atomic mass is 16.1. The zero-order valence-electron chi connectivity index (χ0n) is 8.42. The molecule has 1 aromatic rings. The van der Waals surface area contributed by atoms with E-state index in [0.717, 1.165) is 27.8 Å². The number of carbonyl (C=O) groups is 1. The molecule has 0 N–H and O–H groups in total. The number of Topliss-reactive ketones (excluding diaryl/α,β-unsaturated/α-hetero) is 1. The van der Waals surface area contributed by atoms with E-state index in [4.69, 9.17) is 0 Å². The summed E-state index contributed by atoms with van der Waals surface area (Å²) >= 11 is 0. The van der Waals surface area contributed by atoms with E-state index >= 15 is 0 Å². The average molecular weight is 184 g/mol. The number of fused-ring (bicyclic) bond motifs is 1. The van der Waals surface area contributed by atoms with Crippen molar-refractivity contribution in [1.82, 2.24) is 0 Å². The van der Waals surface area contributed by atoms with Crippen molar-refractivity contribution in [2.24, 2.45) is 0 Å². The molecule has 0 heterocycles. The average Bonchev–Trinajstić information content (AvgIpc) is 2.23. The minimum atomic E-state index is 0.130. The predicted molar refractivity (Wildman–Crippen MR) is 58.2 cm³/mol. The Morgan fingerprint density at radius 2 is 1.57 bits per heavy atom. The molecule has 1 aromatic carbocycles. The number of hydrogen-bond donors (Lipinski definition) is 0. The third-order valence-corrected chi connectivity index (χ3v) is 2.85. The second-order valence-corrected chi connectivity index (χ2v) is 3.60. The Bertz CT molecular complexity index is 421. The lowest BCUT2D eigenvalue weighted by Crippen LogP contribution is -2.12. The van der Waals surface area contributed by atoms with Crippen LogP contribution < -0.4 is 0 Å². The summed E-state index contributed by atoms with van der Waals surface area (Å²) in [5, 5.41) is 0. The molecule has 14 heavy (non-hydrogen) atoms. The standard InChI is InChI=1S/C13H12O/c1-8-9(2)11-6-4-5-7-12(11)13(14)10(8)3/h4-7H,2H2,1,3H3. The Labute approximate surface area is 83.8 Å².